The molecule has 0 atom stereocenters. The number of rotatable bonds is 5. The van der Waals surface area contributed by atoms with Gasteiger partial charge in [-0.05, 0) is 34.7 Å². The van der Waals surface area contributed by atoms with Crippen LogP contribution in [0.15, 0.2) is 12.2 Å². The maximum atomic E-state index is 11.7. The van der Waals surface area contributed by atoms with Gasteiger partial charge in [-0.15, -0.1) is 0 Å². The normalized spacial score (nSPS) is 11.6. The van der Waals surface area contributed by atoms with Crippen LogP contribution in [0.3, 0.4) is 0 Å². The number of carbonyl (C=O) groups excluding carboxylic acids is 1. The third-order valence-corrected chi connectivity index (χ3v) is 1.95. The summed E-state index contributed by atoms with van der Waals surface area (Å²) in [5, 5.41) is 2.96. The summed E-state index contributed by atoms with van der Waals surface area (Å²) >= 11 is 0. The van der Waals surface area contributed by atoms with Crippen molar-refractivity contribution in [2.75, 3.05) is 13.6 Å². The van der Waals surface area contributed by atoms with Crippen molar-refractivity contribution in [3.05, 3.63) is 12.2 Å². The molecule has 0 fully saturated rings. The molecule has 0 rings (SSSR count). The van der Waals surface area contributed by atoms with Gasteiger partial charge in [-0.3, -0.25) is 4.79 Å². The number of nitrogens with zero attached hydrogens (tertiary/aromatic N) is 1. The average Bonchev–Trinajstić information content (AvgIpc) is 2.03. The molecule has 0 unspecified atom stereocenters. The summed E-state index contributed by atoms with van der Waals surface area (Å²) < 4.78 is 0. The quantitative estimate of drug-likeness (QED) is 0.677. The van der Waals surface area contributed by atoms with Crippen molar-refractivity contribution in [2.45, 2.75) is 39.8 Å². The van der Waals surface area contributed by atoms with Crippen molar-refractivity contribution >= 4 is 5.91 Å². The number of nitrogens with one attached hydrogen (secondary N) is 1. The zero-order valence-electron chi connectivity index (χ0n) is 9.87. The van der Waals surface area contributed by atoms with E-state index in [0.717, 1.165) is 6.54 Å². The lowest BCUT2D eigenvalue weighted by atomic mass is 10.2. The minimum atomic E-state index is 0.0882. The van der Waals surface area contributed by atoms with Gasteiger partial charge >= 0.3 is 0 Å². The van der Waals surface area contributed by atoms with Crippen LogP contribution in [0.5, 0.6) is 0 Å². The predicted molar refractivity (Wildman–Crippen MR) is 60.2 cm³/mol. The molecule has 82 valence electrons. The van der Waals surface area contributed by atoms with Crippen molar-refractivity contribution in [3.63, 3.8) is 0 Å². The monoisotopic (exact) mass is 198 g/mol. The Labute approximate surface area is 87.2 Å². The molecule has 0 radical (unpaired) electrons. The van der Waals surface area contributed by atoms with Crippen LogP contribution in [0, 0.1) is 0 Å². The lowest BCUT2D eigenvalue weighted by Gasteiger charge is -2.29. The first-order valence-electron chi connectivity index (χ1n) is 5.14. The first-order valence-corrected chi connectivity index (χ1v) is 5.14. The molecular weight excluding hydrogens is 176 g/mol. The molecule has 0 spiro atoms. The van der Waals surface area contributed by atoms with E-state index in [1.54, 1.807) is 6.08 Å². The van der Waals surface area contributed by atoms with Gasteiger partial charge in [-0.1, -0.05) is 6.08 Å². The Kier molecular flexibility index (Phi) is 6.21. The van der Waals surface area contributed by atoms with Gasteiger partial charge in [0.1, 0.15) is 0 Å². The molecule has 3 heteroatoms. The molecule has 0 aromatic heterocycles. The number of carbonyl (C=O) groups is 1. The molecule has 0 saturated carbocycles. The highest BCUT2D eigenvalue weighted by molar-refractivity contribution is 5.88. The van der Waals surface area contributed by atoms with Crippen LogP contribution >= 0.6 is 0 Å². The fourth-order valence-corrected chi connectivity index (χ4v) is 1.47. The van der Waals surface area contributed by atoms with Crippen LogP contribution in [0.2, 0.25) is 0 Å². The Hall–Kier alpha value is -0.830. The molecule has 3 nitrogen and oxygen atoms in total. The topological polar surface area (TPSA) is 32.3 Å². The fourth-order valence-electron chi connectivity index (χ4n) is 1.47. The number of hydrogen-bond acceptors (Lipinski definition) is 2. The van der Waals surface area contributed by atoms with Crippen molar-refractivity contribution < 1.29 is 4.79 Å². The molecule has 14 heavy (non-hydrogen) atoms. The minimum absolute atomic E-state index is 0.0882. The summed E-state index contributed by atoms with van der Waals surface area (Å²) in [4.78, 5) is 13.6. The standard InChI is InChI=1S/C11H22N2O/c1-9(2)13(10(3)4)11(14)7-6-8-12-5/h6-7,9-10,12H,8H2,1-5H3/b7-6+. The zero-order chi connectivity index (χ0) is 11.1. The highest BCUT2D eigenvalue weighted by atomic mass is 16.2. The van der Waals surface area contributed by atoms with Crippen molar-refractivity contribution in [1.82, 2.24) is 10.2 Å². The maximum absolute atomic E-state index is 11.7. The third-order valence-electron chi connectivity index (χ3n) is 1.95. The van der Waals surface area contributed by atoms with E-state index in [2.05, 4.69) is 5.32 Å². The highest BCUT2D eigenvalue weighted by Crippen LogP contribution is 2.05. The number of hydrogen-bond donors (Lipinski definition) is 1. The molecule has 0 aromatic carbocycles. The van der Waals surface area contributed by atoms with E-state index < -0.39 is 0 Å². The summed E-state index contributed by atoms with van der Waals surface area (Å²) in [6, 6.07) is 0.503. The Morgan fingerprint density at radius 1 is 1.29 bits per heavy atom. The van der Waals surface area contributed by atoms with E-state index in [9.17, 15) is 4.79 Å². The largest absolute Gasteiger partial charge is 0.334 e. The second-order valence-corrected chi connectivity index (χ2v) is 3.89. The minimum Gasteiger partial charge on any atom is -0.334 e. The van der Waals surface area contributed by atoms with Crippen molar-refractivity contribution in [1.29, 1.82) is 0 Å². The zero-order valence-corrected chi connectivity index (χ0v) is 9.87. The lowest BCUT2D eigenvalue weighted by Crippen LogP contribution is -2.41. The van der Waals surface area contributed by atoms with Gasteiger partial charge in [0.15, 0.2) is 0 Å². The Bertz CT molecular complexity index is 189. The van der Waals surface area contributed by atoms with E-state index in [0.29, 0.717) is 0 Å². The summed E-state index contributed by atoms with van der Waals surface area (Å²) in [5.41, 5.74) is 0. The second-order valence-electron chi connectivity index (χ2n) is 3.89. The molecular formula is C11H22N2O. The van der Waals surface area contributed by atoms with Crippen molar-refractivity contribution in [2.24, 2.45) is 0 Å². The Balaban J connectivity index is 4.30. The molecule has 1 N–H and O–H groups in total. The van der Waals surface area contributed by atoms with Crippen LogP contribution in [0.4, 0.5) is 0 Å². The second kappa shape index (κ2) is 6.60. The molecule has 0 bridgehead atoms. The van der Waals surface area contributed by atoms with Crippen LogP contribution in [-0.4, -0.2) is 36.5 Å². The maximum Gasteiger partial charge on any atom is 0.246 e. The third kappa shape index (κ3) is 4.42. The van der Waals surface area contributed by atoms with E-state index in [4.69, 9.17) is 0 Å². The predicted octanol–water partition coefficient (Wildman–Crippen LogP) is 1.41. The molecule has 0 aromatic rings. The van der Waals surface area contributed by atoms with Gasteiger partial charge < -0.3 is 10.2 Å². The van der Waals surface area contributed by atoms with Gasteiger partial charge in [0.05, 0.1) is 0 Å². The van der Waals surface area contributed by atoms with Gasteiger partial charge in [0, 0.05) is 24.7 Å². The Morgan fingerprint density at radius 2 is 1.79 bits per heavy atom. The molecule has 0 heterocycles. The SMILES string of the molecule is CNC/C=C/C(=O)N(C(C)C)C(C)C. The number of amides is 1. The lowest BCUT2D eigenvalue weighted by molar-refractivity contribution is -0.129. The van der Waals surface area contributed by atoms with Gasteiger partial charge in [-0.25, -0.2) is 0 Å². The molecule has 0 saturated heterocycles. The Morgan fingerprint density at radius 3 is 2.14 bits per heavy atom. The van der Waals surface area contributed by atoms with E-state index >= 15 is 0 Å². The summed E-state index contributed by atoms with van der Waals surface area (Å²) in [7, 11) is 1.86. The van der Waals surface area contributed by atoms with Crippen LogP contribution in [0.1, 0.15) is 27.7 Å². The first-order chi connectivity index (χ1) is 6.50. The van der Waals surface area contributed by atoms with E-state index in [1.165, 1.54) is 0 Å². The molecule has 1 amide bonds. The van der Waals surface area contributed by atoms with Gasteiger partial charge in [-0.2, -0.15) is 0 Å². The van der Waals surface area contributed by atoms with E-state index in [-0.39, 0.29) is 18.0 Å². The smallest absolute Gasteiger partial charge is 0.246 e. The summed E-state index contributed by atoms with van der Waals surface area (Å²) in [6.07, 6.45) is 3.48. The van der Waals surface area contributed by atoms with E-state index in [1.807, 2.05) is 45.7 Å². The molecule has 0 aliphatic heterocycles. The van der Waals surface area contributed by atoms with Crippen LogP contribution < -0.4 is 5.32 Å². The van der Waals surface area contributed by atoms with Crippen LogP contribution in [0.25, 0.3) is 0 Å². The van der Waals surface area contributed by atoms with Gasteiger partial charge in [0.2, 0.25) is 5.91 Å². The molecule has 0 aliphatic rings. The summed E-state index contributed by atoms with van der Waals surface area (Å²) in [5.74, 6) is 0.0882. The summed E-state index contributed by atoms with van der Waals surface area (Å²) in [6.45, 7) is 8.86. The van der Waals surface area contributed by atoms with Gasteiger partial charge in [0.25, 0.3) is 0 Å². The van der Waals surface area contributed by atoms with Crippen molar-refractivity contribution in [3.8, 4) is 0 Å². The molecule has 0 aliphatic carbocycles. The van der Waals surface area contributed by atoms with Crippen LogP contribution in [-0.2, 0) is 4.79 Å². The highest BCUT2D eigenvalue weighted by Gasteiger charge is 2.16. The average molecular weight is 198 g/mol. The number of likely N-dealkylation sites (N-methyl/N-ethyl adjacent to an activating group) is 1. The first kappa shape index (κ1) is 13.2. The fraction of sp³-hybridized carbons (Fsp3) is 0.727.